The molecule has 0 aliphatic rings. The van der Waals surface area contributed by atoms with Gasteiger partial charge in [-0.1, -0.05) is 41.9 Å². The molecule has 0 fully saturated rings. The van der Waals surface area contributed by atoms with Gasteiger partial charge >= 0.3 is 0 Å². The number of aromatic nitrogens is 2. The highest BCUT2D eigenvalue weighted by molar-refractivity contribution is 9.13. The van der Waals surface area contributed by atoms with E-state index in [0.29, 0.717) is 48.3 Å². The van der Waals surface area contributed by atoms with Crippen molar-refractivity contribution in [1.29, 1.82) is 0 Å². The molecule has 0 bridgehead atoms. The third-order valence-electron chi connectivity index (χ3n) is 5.85. The minimum atomic E-state index is -0.331. The molecule has 3 aromatic carbocycles. The van der Waals surface area contributed by atoms with E-state index in [1.54, 1.807) is 30.5 Å². The van der Waals surface area contributed by atoms with Crippen LogP contribution in [-0.4, -0.2) is 23.0 Å². The summed E-state index contributed by atoms with van der Waals surface area (Å²) in [5.41, 5.74) is 1.71. The van der Waals surface area contributed by atoms with E-state index in [9.17, 15) is 9.18 Å². The van der Waals surface area contributed by atoms with Gasteiger partial charge in [0.25, 0.3) is 5.56 Å². The Balaban J connectivity index is 1.75. The number of halogens is 4. The topological polar surface area (TPSA) is 65.7 Å². The Morgan fingerprint density at radius 1 is 1.14 bits per heavy atom. The number of benzene rings is 3. The van der Waals surface area contributed by atoms with E-state index < -0.39 is 0 Å². The molecule has 6 nitrogen and oxygen atoms in total. The maximum atomic E-state index is 13.6. The van der Waals surface area contributed by atoms with Crippen LogP contribution in [0.2, 0.25) is 0 Å². The van der Waals surface area contributed by atoms with Crippen molar-refractivity contribution < 1.29 is 13.9 Å². The summed E-state index contributed by atoms with van der Waals surface area (Å²) >= 11 is 10.6. The lowest BCUT2D eigenvalue weighted by atomic mass is 10.1. The first-order valence-electron chi connectivity index (χ1n) is 11.4. The van der Waals surface area contributed by atoms with Crippen molar-refractivity contribution in [3.8, 4) is 11.5 Å². The summed E-state index contributed by atoms with van der Waals surface area (Å²) in [6, 6.07) is 13.4. The molecule has 0 radical (unpaired) electrons. The van der Waals surface area contributed by atoms with Gasteiger partial charge in [0, 0.05) is 20.4 Å². The standard InChI is InChI=1S/C27H23Br3FN3O3/c1-4-15(2)26-33-21-9-8-18(28)12-20(21)27(35)34(26)32-13-17-11-22(36-3)25(24(30)23(17)29)37-14-16-6-5-7-19(31)10-16/h5-13,15H,4,14H2,1-3H3/t15-/m1/s1. The average molecular weight is 696 g/mol. The van der Waals surface area contributed by atoms with Crippen molar-refractivity contribution in [2.75, 3.05) is 7.11 Å². The second-order valence-electron chi connectivity index (χ2n) is 8.35. The fourth-order valence-corrected chi connectivity index (χ4v) is 4.96. The molecule has 1 atom stereocenters. The molecule has 4 rings (SSSR count). The van der Waals surface area contributed by atoms with Gasteiger partial charge in [-0.15, -0.1) is 0 Å². The Bertz CT molecular complexity index is 1560. The van der Waals surface area contributed by atoms with E-state index in [-0.39, 0.29) is 23.9 Å². The first-order chi connectivity index (χ1) is 17.7. The lowest BCUT2D eigenvalue weighted by Gasteiger charge is -2.16. The molecule has 0 spiro atoms. The van der Waals surface area contributed by atoms with Gasteiger partial charge in [0.1, 0.15) is 18.2 Å². The predicted octanol–water partition coefficient (Wildman–Crippen LogP) is 7.81. The van der Waals surface area contributed by atoms with Crippen molar-refractivity contribution in [2.45, 2.75) is 32.8 Å². The van der Waals surface area contributed by atoms with Crippen LogP contribution >= 0.6 is 47.8 Å². The van der Waals surface area contributed by atoms with Gasteiger partial charge in [-0.25, -0.2) is 9.37 Å². The van der Waals surface area contributed by atoms with E-state index >= 15 is 0 Å². The molecule has 4 aromatic rings. The lowest BCUT2D eigenvalue weighted by Crippen LogP contribution is -2.23. The number of fused-ring (bicyclic) bond motifs is 1. The molecule has 0 N–H and O–H groups in total. The average Bonchev–Trinajstić information content (AvgIpc) is 2.89. The van der Waals surface area contributed by atoms with Crippen LogP contribution in [-0.2, 0) is 6.61 Å². The zero-order chi connectivity index (χ0) is 26.7. The summed E-state index contributed by atoms with van der Waals surface area (Å²) in [5, 5.41) is 5.02. The van der Waals surface area contributed by atoms with Gasteiger partial charge in [0.2, 0.25) is 0 Å². The zero-order valence-corrected chi connectivity index (χ0v) is 25.0. The smallest absolute Gasteiger partial charge is 0.282 e. The Labute approximate surface area is 238 Å². The number of hydrogen-bond donors (Lipinski definition) is 0. The first-order valence-corrected chi connectivity index (χ1v) is 13.8. The third-order valence-corrected chi connectivity index (χ3v) is 8.48. The van der Waals surface area contributed by atoms with Crippen molar-refractivity contribution >= 4 is 64.9 Å². The molecule has 37 heavy (non-hydrogen) atoms. The summed E-state index contributed by atoms with van der Waals surface area (Å²) in [5.74, 6) is 1.16. The van der Waals surface area contributed by atoms with E-state index in [1.165, 1.54) is 23.9 Å². The highest BCUT2D eigenvalue weighted by Gasteiger charge is 2.19. The van der Waals surface area contributed by atoms with Crippen molar-refractivity contribution in [3.63, 3.8) is 0 Å². The van der Waals surface area contributed by atoms with E-state index in [1.807, 2.05) is 26.0 Å². The summed E-state index contributed by atoms with van der Waals surface area (Å²) in [4.78, 5) is 18.2. The largest absolute Gasteiger partial charge is 0.493 e. The monoisotopic (exact) mass is 693 g/mol. The zero-order valence-electron chi connectivity index (χ0n) is 20.3. The number of hydrogen-bond acceptors (Lipinski definition) is 5. The fourth-order valence-electron chi connectivity index (χ4n) is 3.67. The highest BCUT2D eigenvalue weighted by Crippen LogP contribution is 2.42. The Morgan fingerprint density at radius 3 is 2.62 bits per heavy atom. The summed E-state index contributed by atoms with van der Waals surface area (Å²) < 4.78 is 28.5. The summed E-state index contributed by atoms with van der Waals surface area (Å²) in [6.07, 6.45) is 2.37. The maximum Gasteiger partial charge on any atom is 0.282 e. The van der Waals surface area contributed by atoms with Crippen LogP contribution in [0.4, 0.5) is 4.39 Å². The molecule has 0 unspecified atom stereocenters. The van der Waals surface area contributed by atoms with Crippen molar-refractivity contribution in [2.24, 2.45) is 5.10 Å². The predicted molar refractivity (Wildman–Crippen MR) is 155 cm³/mol. The van der Waals surface area contributed by atoms with E-state index in [4.69, 9.17) is 14.5 Å². The number of ether oxygens (including phenoxy) is 2. The van der Waals surface area contributed by atoms with Gasteiger partial charge in [-0.2, -0.15) is 9.78 Å². The summed E-state index contributed by atoms with van der Waals surface area (Å²) in [7, 11) is 1.53. The van der Waals surface area contributed by atoms with Crippen molar-refractivity contribution in [1.82, 2.24) is 9.66 Å². The second kappa shape index (κ2) is 11.9. The molecule has 0 saturated heterocycles. The maximum absolute atomic E-state index is 13.6. The molecule has 0 aliphatic heterocycles. The van der Waals surface area contributed by atoms with Crippen LogP contribution in [0.3, 0.4) is 0 Å². The molecular weight excluding hydrogens is 673 g/mol. The minimum Gasteiger partial charge on any atom is -0.493 e. The molecule has 1 aromatic heterocycles. The SMILES string of the molecule is CC[C@@H](C)c1nc2ccc(Br)cc2c(=O)n1N=Cc1cc(OC)c(OCc2cccc(F)c2)c(Br)c1Br. The Kier molecular flexibility index (Phi) is 8.82. The van der Waals surface area contributed by atoms with Crippen LogP contribution in [0.15, 0.2) is 71.8 Å². The van der Waals surface area contributed by atoms with E-state index in [2.05, 4.69) is 52.9 Å². The molecule has 0 aliphatic carbocycles. The summed E-state index contributed by atoms with van der Waals surface area (Å²) in [6.45, 7) is 4.20. The van der Waals surface area contributed by atoms with Gasteiger partial charge in [0.05, 0.1) is 28.7 Å². The van der Waals surface area contributed by atoms with E-state index in [0.717, 1.165) is 10.9 Å². The van der Waals surface area contributed by atoms with Crippen LogP contribution < -0.4 is 15.0 Å². The van der Waals surface area contributed by atoms with Gasteiger partial charge in [0.15, 0.2) is 11.5 Å². The van der Waals surface area contributed by atoms with Gasteiger partial charge in [-0.3, -0.25) is 4.79 Å². The number of nitrogens with zero attached hydrogens (tertiary/aromatic N) is 3. The minimum absolute atomic E-state index is 0.0150. The molecule has 192 valence electrons. The molecule has 10 heteroatoms. The van der Waals surface area contributed by atoms with Gasteiger partial charge < -0.3 is 9.47 Å². The van der Waals surface area contributed by atoms with Crippen molar-refractivity contribution in [3.05, 3.63) is 95.1 Å². The molecule has 1 heterocycles. The normalized spacial score (nSPS) is 12.3. The number of methoxy groups -OCH3 is 1. The quantitative estimate of drug-likeness (QED) is 0.177. The lowest BCUT2D eigenvalue weighted by molar-refractivity contribution is 0.282. The third kappa shape index (κ3) is 5.97. The highest BCUT2D eigenvalue weighted by atomic mass is 79.9. The van der Waals surface area contributed by atoms with Gasteiger partial charge in [-0.05, 0) is 80.2 Å². The van der Waals surface area contributed by atoms with Crippen LogP contribution in [0.25, 0.3) is 10.9 Å². The Morgan fingerprint density at radius 2 is 1.92 bits per heavy atom. The molecule has 0 saturated carbocycles. The van der Waals surface area contributed by atoms with Crippen LogP contribution in [0, 0.1) is 5.82 Å². The number of rotatable bonds is 8. The second-order valence-corrected chi connectivity index (χ2v) is 10.8. The Hall–Kier alpha value is -2.56. The molecule has 0 amide bonds. The fraction of sp³-hybridized carbons (Fsp3) is 0.222. The molecular formula is C27H23Br3FN3O3. The van der Waals surface area contributed by atoms with Crippen LogP contribution in [0.1, 0.15) is 43.1 Å². The van der Waals surface area contributed by atoms with Crippen LogP contribution in [0.5, 0.6) is 11.5 Å². The first kappa shape index (κ1) is 27.5.